The van der Waals surface area contributed by atoms with E-state index in [-0.39, 0.29) is 0 Å². The Labute approximate surface area is 108 Å². The van der Waals surface area contributed by atoms with Crippen LogP contribution in [-0.4, -0.2) is 11.0 Å². The molecular formula is C16H20N2. The highest BCUT2D eigenvalue weighted by atomic mass is 15.0. The normalized spacial score (nSPS) is 17.0. The zero-order chi connectivity index (χ0) is 12.5. The van der Waals surface area contributed by atoms with Crippen LogP contribution in [0.5, 0.6) is 0 Å². The van der Waals surface area contributed by atoms with Crippen LogP contribution in [-0.2, 0) is 6.42 Å². The van der Waals surface area contributed by atoms with Gasteiger partial charge in [0.2, 0.25) is 0 Å². The molecule has 1 N–H and O–H groups in total. The predicted octanol–water partition coefficient (Wildman–Crippen LogP) is 3.61. The molecule has 2 heteroatoms. The van der Waals surface area contributed by atoms with Crippen LogP contribution in [0.15, 0.2) is 30.3 Å². The van der Waals surface area contributed by atoms with E-state index in [4.69, 9.17) is 4.98 Å². The summed E-state index contributed by atoms with van der Waals surface area (Å²) >= 11 is 0. The van der Waals surface area contributed by atoms with Crippen LogP contribution < -0.4 is 5.32 Å². The lowest BCUT2D eigenvalue weighted by Crippen LogP contribution is -2.21. The van der Waals surface area contributed by atoms with Crippen molar-refractivity contribution in [2.45, 2.75) is 45.2 Å². The van der Waals surface area contributed by atoms with Gasteiger partial charge in [0, 0.05) is 17.5 Å². The Morgan fingerprint density at radius 1 is 1.33 bits per heavy atom. The maximum atomic E-state index is 4.80. The quantitative estimate of drug-likeness (QED) is 0.883. The van der Waals surface area contributed by atoms with Gasteiger partial charge in [0.15, 0.2) is 0 Å². The van der Waals surface area contributed by atoms with Crippen LogP contribution in [0.3, 0.4) is 0 Å². The molecule has 1 aromatic carbocycles. The van der Waals surface area contributed by atoms with Crippen molar-refractivity contribution >= 4 is 10.9 Å². The molecule has 0 radical (unpaired) electrons. The summed E-state index contributed by atoms with van der Waals surface area (Å²) in [5, 5.41) is 4.92. The van der Waals surface area contributed by atoms with E-state index in [9.17, 15) is 0 Å². The maximum absolute atomic E-state index is 4.80. The van der Waals surface area contributed by atoms with Crippen molar-refractivity contribution in [3.63, 3.8) is 0 Å². The van der Waals surface area contributed by atoms with Crippen LogP contribution in [0.25, 0.3) is 10.9 Å². The van der Waals surface area contributed by atoms with Gasteiger partial charge in [-0.25, -0.2) is 0 Å². The fourth-order valence-corrected chi connectivity index (χ4v) is 2.47. The van der Waals surface area contributed by atoms with E-state index in [1.165, 1.54) is 29.5 Å². The molecule has 1 fully saturated rings. The lowest BCUT2D eigenvalue weighted by Gasteiger charge is -2.15. The van der Waals surface area contributed by atoms with E-state index in [0.29, 0.717) is 6.04 Å². The predicted molar refractivity (Wildman–Crippen MR) is 75.7 cm³/mol. The molecule has 94 valence electrons. The highest BCUT2D eigenvalue weighted by Gasteiger charge is 2.24. The van der Waals surface area contributed by atoms with E-state index in [0.717, 1.165) is 18.0 Å². The smallest absolute Gasteiger partial charge is 0.0708 e. The highest BCUT2D eigenvalue weighted by Crippen LogP contribution is 2.26. The van der Waals surface area contributed by atoms with Gasteiger partial charge in [-0.3, -0.25) is 4.98 Å². The summed E-state index contributed by atoms with van der Waals surface area (Å²) < 4.78 is 0. The van der Waals surface area contributed by atoms with Gasteiger partial charge in [-0.2, -0.15) is 0 Å². The van der Waals surface area contributed by atoms with Gasteiger partial charge in [-0.05, 0) is 43.9 Å². The molecule has 1 atom stereocenters. The molecule has 0 saturated heterocycles. The number of hydrogen-bond donors (Lipinski definition) is 1. The zero-order valence-corrected chi connectivity index (χ0v) is 11.1. The Morgan fingerprint density at radius 3 is 2.83 bits per heavy atom. The number of fused-ring (bicyclic) bond motifs is 1. The first kappa shape index (κ1) is 11.7. The third kappa shape index (κ3) is 2.25. The number of rotatable bonds is 4. The molecule has 0 aliphatic heterocycles. The van der Waals surface area contributed by atoms with E-state index in [1.54, 1.807) is 0 Å². The van der Waals surface area contributed by atoms with E-state index >= 15 is 0 Å². The Balaban J connectivity index is 2.01. The van der Waals surface area contributed by atoms with E-state index < -0.39 is 0 Å². The maximum Gasteiger partial charge on any atom is 0.0708 e. The van der Waals surface area contributed by atoms with Crippen molar-refractivity contribution in [3.05, 3.63) is 41.6 Å². The molecule has 1 aromatic heterocycles. The second-order valence-corrected chi connectivity index (χ2v) is 5.24. The van der Waals surface area contributed by atoms with Gasteiger partial charge in [-0.15, -0.1) is 0 Å². The van der Waals surface area contributed by atoms with Crippen molar-refractivity contribution in [1.82, 2.24) is 10.3 Å². The van der Waals surface area contributed by atoms with Gasteiger partial charge in [0.1, 0.15) is 0 Å². The molecule has 0 amide bonds. The molecule has 2 aromatic rings. The van der Waals surface area contributed by atoms with Crippen LogP contribution in [0, 0.1) is 0 Å². The number of aryl methyl sites for hydroxylation is 1. The number of nitrogens with one attached hydrogen (secondary N) is 1. The van der Waals surface area contributed by atoms with Gasteiger partial charge in [0.05, 0.1) is 11.2 Å². The topological polar surface area (TPSA) is 24.9 Å². The minimum atomic E-state index is 0.354. The molecule has 1 unspecified atom stereocenters. The SMILES string of the molecule is CCc1cc(C(C)NC2CC2)nc2ccccc12. The fourth-order valence-electron chi connectivity index (χ4n) is 2.47. The Bertz CT molecular complexity index is 558. The molecule has 18 heavy (non-hydrogen) atoms. The van der Waals surface area contributed by atoms with Gasteiger partial charge in [0.25, 0.3) is 0 Å². The number of hydrogen-bond acceptors (Lipinski definition) is 2. The first-order valence-electron chi connectivity index (χ1n) is 6.92. The largest absolute Gasteiger partial charge is 0.306 e. The lowest BCUT2D eigenvalue weighted by molar-refractivity contribution is 0.559. The minimum Gasteiger partial charge on any atom is -0.306 e. The second-order valence-electron chi connectivity index (χ2n) is 5.24. The van der Waals surface area contributed by atoms with Crippen molar-refractivity contribution in [2.24, 2.45) is 0 Å². The van der Waals surface area contributed by atoms with Crippen molar-refractivity contribution in [2.75, 3.05) is 0 Å². The van der Waals surface area contributed by atoms with Crippen LogP contribution >= 0.6 is 0 Å². The average Bonchev–Trinajstić information content (AvgIpc) is 3.21. The molecular weight excluding hydrogens is 220 g/mol. The number of nitrogens with zero attached hydrogens (tertiary/aromatic N) is 1. The van der Waals surface area contributed by atoms with Crippen LogP contribution in [0.2, 0.25) is 0 Å². The third-order valence-corrected chi connectivity index (χ3v) is 3.71. The Kier molecular flexibility index (Phi) is 3.04. The Morgan fingerprint density at radius 2 is 2.11 bits per heavy atom. The molecule has 0 spiro atoms. The molecule has 1 aliphatic carbocycles. The average molecular weight is 240 g/mol. The molecule has 1 aliphatic rings. The second kappa shape index (κ2) is 4.69. The molecule has 2 nitrogen and oxygen atoms in total. The fraction of sp³-hybridized carbons (Fsp3) is 0.438. The standard InChI is InChI=1S/C16H20N2/c1-3-12-10-16(11(2)17-13-8-9-13)18-15-7-5-4-6-14(12)15/h4-7,10-11,13,17H,3,8-9H2,1-2H3. The van der Waals surface area contributed by atoms with Crippen molar-refractivity contribution < 1.29 is 0 Å². The molecule has 3 rings (SSSR count). The summed E-state index contributed by atoms with van der Waals surface area (Å²) in [6.45, 7) is 4.43. The molecule has 1 heterocycles. The first-order valence-corrected chi connectivity index (χ1v) is 6.92. The summed E-state index contributed by atoms with van der Waals surface area (Å²) in [5.41, 5.74) is 3.70. The van der Waals surface area contributed by atoms with Crippen molar-refractivity contribution in [1.29, 1.82) is 0 Å². The van der Waals surface area contributed by atoms with Crippen molar-refractivity contribution in [3.8, 4) is 0 Å². The monoisotopic (exact) mass is 240 g/mol. The first-order chi connectivity index (χ1) is 8.78. The Hall–Kier alpha value is -1.41. The number of para-hydroxylation sites is 1. The summed E-state index contributed by atoms with van der Waals surface area (Å²) in [5.74, 6) is 0. The van der Waals surface area contributed by atoms with Gasteiger partial charge < -0.3 is 5.32 Å². The van der Waals surface area contributed by atoms with Crippen LogP contribution in [0.1, 0.15) is 44.0 Å². The van der Waals surface area contributed by atoms with Gasteiger partial charge in [-0.1, -0.05) is 25.1 Å². The summed E-state index contributed by atoms with van der Waals surface area (Å²) in [6.07, 6.45) is 3.70. The summed E-state index contributed by atoms with van der Waals surface area (Å²) in [4.78, 5) is 4.80. The number of benzene rings is 1. The molecule has 0 bridgehead atoms. The van der Waals surface area contributed by atoms with Crippen LogP contribution in [0.4, 0.5) is 0 Å². The lowest BCUT2D eigenvalue weighted by atomic mass is 10.0. The van der Waals surface area contributed by atoms with Gasteiger partial charge >= 0.3 is 0 Å². The number of aromatic nitrogens is 1. The third-order valence-electron chi connectivity index (χ3n) is 3.71. The molecule has 1 saturated carbocycles. The van der Waals surface area contributed by atoms with E-state index in [2.05, 4.69) is 49.5 Å². The van der Waals surface area contributed by atoms with E-state index in [1.807, 2.05) is 0 Å². The zero-order valence-electron chi connectivity index (χ0n) is 11.1. The summed E-state index contributed by atoms with van der Waals surface area (Å²) in [7, 11) is 0. The summed E-state index contributed by atoms with van der Waals surface area (Å²) in [6, 6.07) is 11.8. The number of pyridine rings is 1. The highest BCUT2D eigenvalue weighted by molar-refractivity contribution is 5.82. The minimum absolute atomic E-state index is 0.354.